The van der Waals surface area contributed by atoms with E-state index < -0.39 is 6.10 Å². The molecule has 0 spiro atoms. The number of aromatic nitrogens is 1. The molecular formula is C13H15NOS. The first-order valence-electron chi connectivity index (χ1n) is 5.37. The second kappa shape index (κ2) is 4.76. The Morgan fingerprint density at radius 2 is 1.69 bits per heavy atom. The topological polar surface area (TPSA) is 33.1 Å². The van der Waals surface area contributed by atoms with Gasteiger partial charge in [-0.3, -0.25) is 0 Å². The Balaban J connectivity index is 2.22. The van der Waals surface area contributed by atoms with Crippen LogP contribution in [0.15, 0.2) is 36.5 Å². The Bertz CT molecular complexity index is 433. The Hall–Kier alpha value is -1.19. The van der Waals surface area contributed by atoms with Gasteiger partial charge in [-0.2, -0.15) is 0 Å². The van der Waals surface area contributed by atoms with Crippen molar-refractivity contribution in [3.8, 4) is 0 Å². The third kappa shape index (κ3) is 2.31. The number of hydrogen-bond acceptors (Lipinski definition) is 3. The summed E-state index contributed by atoms with van der Waals surface area (Å²) in [6, 6.07) is 9.97. The Morgan fingerprint density at radius 1 is 1.06 bits per heavy atom. The summed E-state index contributed by atoms with van der Waals surface area (Å²) in [7, 11) is 0. The number of aliphatic hydroxyl groups is 1. The highest BCUT2D eigenvalue weighted by Gasteiger charge is 2.11. The first-order valence-corrected chi connectivity index (χ1v) is 6.14. The molecule has 0 unspecified atom stereocenters. The van der Waals surface area contributed by atoms with E-state index in [4.69, 9.17) is 0 Å². The largest absolute Gasteiger partial charge is 0.383 e. The smallest absolute Gasteiger partial charge is 0.115 e. The summed E-state index contributed by atoms with van der Waals surface area (Å²) in [6.07, 6.45) is 1.17. The fourth-order valence-corrected chi connectivity index (χ4v) is 2.20. The number of nitrogens with zero attached hydrogens (tertiary/aromatic N) is 1. The molecule has 0 aliphatic heterocycles. The maximum atomic E-state index is 10.1. The minimum absolute atomic E-state index is 0.523. The van der Waals surface area contributed by atoms with Crippen molar-refractivity contribution in [2.75, 3.05) is 0 Å². The molecule has 2 aromatic rings. The molecular weight excluding hydrogens is 218 g/mol. The van der Waals surface area contributed by atoms with Gasteiger partial charge in [0.05, 0.1) is 4.88 Å². The lowest BCUT2D eigenvalue weighted by Gasteiger charge is -2.10. The quantitative estimate of drug-likeness (QED) is 0.882. The van der Waals surface area contributed by atoms with Crippen LogP contribution in [0.4, 0.5) is 0 Å². The highest BCUT2D eigenvalue weighted by Crippen LogP contribution is 2.25. The maximum Gasteiger partial charge on any atom is 0.115 e. The molecule has 0 aliphatic carbocycles. The lowest BCUT2D eigenvalue weighted by Crippen LogP contribution is -1.97. The number of hydrogen-bond donors (Lipinski definition) is 1. The van der Waals surface area contributed by atoms with Crippen molar-refractivity contribution >= 4 is 11.5 Å². The average Bonchev–Trinajstić information content (AvgIpc) is 2.81. The number of aliphatic hydroxyl groups excluding tert-OH is 1. The molecule has 1 N–H and O–H groups in total. The van der Waals surface area contributed by atoms with Gasteiger partial charge in [-0.1, -0.05) is 38.1 Å². The summed E-state index contributed by atoms with van der Waals surface area (Å²) in [5.74, 6) is 0.523. The Labute approximate surface area is 99.7 Å². The van der Waals surface area contributed by atoms with Gasteiger partial charge in [0, 0.05) is 6.20 Å². The van der Waals surface area contributed by atoms with Crippen LogP contribution < -0.4 is 0 Å². The van der Waals surface area contributed by atoms with Gasteiger partial charge < -0.3 is 5.11 Å². The van der Waals surface area contributed by atoms with Gasteiger partial charge in [0.2, 0.25) is 0 Å². The molecule has 1 aromatic heterocycles. The van der Waals surface area contributed by atoms with Crippen LogP contribution in [-0.4, -0.2) is 9.48 Å². The summed E-state index contributed by atoms with van der Waals surface area (Å²) in [4.78, 5) is 0.886. The minimum Gasteiger partial charge on any atom is -0.383 e. The van der Waals surface area contributed by atoms with Crippen molar-refractivity contribution in [2.45, 2.75) is 25.9 Å². The average molecular weight is 233 g/mol. The van der Waals surface area contributed by atoms with Gasteiger partial charge in [-0.25, -0.2) is 4.37 Å². The molecule has 0 saturated carbocycles. The van der Waals surface area contributed by atoms with Crippen LogP contribution in [0.2, 0.25) is 0 Å². The number of benzene rings is 1. The summed E-state index contributed by atoms with van der Waals surface area (Å²) in [5.41, 5.74) is 2.22. The maximum absolute atomic E-state index is 10.1. The molecule has 0 bridgehead atoms. The molecule has 2 rings (SSSR count). The number of rotatable bonds is 3. The summed E-state index contributed by atoms with van der Waals surface area (Å²) in [6.45, 7) is 4.32. The van der Waals surface area contributed by atoms with Crippen LogP contribution in [0.5, 0.6) is 0 Å². The molecule has 84 valence electrons. The van der Waals surface area contributed by atoms with Crippen LogP contribution in [0.25, 0.3) is 0 Å². The fourth-order valence-electron chi connectivity index (χ4n) is 1.59. The highest BCUT2D eigenvalue weighted by molar-refractivity contribution is 7.05. The van der Waals surface area contributed by atoms with Crippen LogP contribution >= 0.6 is 11.5 Å². The molecule has 0 aliphatic rings. The summed E-state index contributed by atoms with van der Waals surface area (Å²) < 4.78 is 4.00. The highest BCUT2D eigenvalue weighted by atomic mass is 32.1. The van der Waals surface area contributed by atoms with Crippen molar-refractivity contribution in [3.63, 3.8) is 0 Å². The third-order valence-electron chi connectivity index (χ3n) is 2.65. The Kier molecular flexibility index (Phi) is 3.36. The van der Waals surface area contributed by atoms with E-state index in [1.807, 2.05) is 18.2 Å². The molecule has 2 nitrogen and oxygen atoms in total. The van der Waals surface area contributed by atoms with Crippen LogP contribution in [0, 0.1) is 0 Å². The van der Waals surface area contributed by atoms with Crippen LogP contribution in [-0.2, 0) is 0 Å². The van der Waals surface area contributed by atoms with Crippen LogP contribution in [0.1, 0.15) is 41.9 Å². The first kappa shape index (κ1) is 11.3. The summed E-state index contributed by atoms with van der Waals surface area (Å²) in [5, 5.41) is 10.1. The van der Waals surface area contributed by atoms with E-state index in [0.29, 0.717) is 5.92 Å². The van der Waals surface area contributed by atoms with E-state index in [2.05, 4.69) is 30.4 Å². The normalized spacial score (nSPS) is 13.0. The first-order chi connectivity index (χ1) is 7.68. The van der Waals surface area contributed by atoms with Crippen molar-refractivity contribution in [1.29, 1.82) is 0 Å². The molecule has 0 amide bonds. The van der Waals surface area contributed by atoms with Crippen molar-refractivity contribution in [2.24, 2.45) is 0 Å². The zero-order chi connectivity index (χ0) is 11.5. The standard InChI is InChI=1S/C13H15NOS/c1-9(2)10-3-5-11(6-4-10)13(15)12-7-8-14-16-12/h3-9,13,15H,1-2H3/t13-/m0/s1. The predicted octanol–water partition coefficient (Wildman–Crippen LogP) is 3.35. The van der Waals surface area contributed by atoms with Crippen LogP contribution in [0.3, 0.4) is 0 Å². The van der Waals surface area contributed by atoms with Crippen molar-refractivity contribution in [3.05, 3.63) is 52.5 Å². The zero-order valence-electron chi connectivity index (χ0n) is 9.42. The van der Waals surface area contributed by atoms with Crippen molar-refractivity contribution < 1.29 is 5.11 Å². The molecule has 0 fully saturated rings. The monoisotopic (exact) mass is 233 g/mol. The second-order valence-electron chi connectivity index (χ2n) is 4.14. The van der Waals surface area contributed by atoms with E-state index in [1.54, 1.807) is 6.20 Å². The summed E-state index contributed by atoms with van der Waals surface area (Å²) >= 11 is 1.34. The molecule has 0 saturated heterocycles. The predicted molar refractivity (Wildman–Crippen MR) is 66.7 cm³/mol. The van der Waals surface area contributed by atoms with Gasteiger partial charge in [0.15, 0.2) is 0 Å². The van der Waals surface area contributed by atoms with E-state index in [-0.39, 0.29) is 0 Å². The molecule has 1 aromatic carbocycles. The van der Waals surface area contributed by atoms with Gasteiger partial charge >= 0.3 is 0 Å². The fraction of sp³-hybridized carbons (Fsp3) is 0.308. The Morgan fingerprint density at radius 3 is 2.19 bits per heavy atom. The van der Waals surface area contributed by atoms with E-state index in [0.717, 1.165) is 10.4 Å². The molecule has 16 heavy (non-hydrogen) atoms. The third-order valence-corrected chi connectivity index (χ3v) is 3.44. The van der Waals surface area contributed by atoms with E-state index in [1.165, 1.54) is 17.1 Å². The molecule has 3 heteroatoms. The second-order valence-corrected chi connectivity index (χ2v) is 5.00. The van der Waals surface area contributed by atoms with Gasteiger partial charge in [-0.05, 0) is 34.6 Å². The molecule has 0 radical (unpaired) electrons. The van der Waals surface area contributed by atoms with Gasteiger partial charge in [-0.15, -0.1) is 0 Å². The van der Waals surface area contributed by atoms with Gasteiger partial charge in [0.25, 0.3) is 0 Å². The lowest BCUT2D eigenvalue weighted by molar-refractivity contribution is 0.224. The van der Waals surface area contributed by atoms with Gasteiger partial charge in [0.1, 0.15) is 6.10 Å². The molecule has 1 heterocycles. The zero-order valence-corrected chi connectivity index (χ0v) is 10.2. The van der Waals surface area contributed by atoms with E-state index in [9.17, 15) is 5.11 Å². The minimum atomic E-state index is -0.547. The molecule has 1 atom stereocenters. The SMILES string of the molecule is CC(C)c1ccc([C@H](O)c2ccns2)cc1. The van der Waals surface area contributed by atoms with Crippen molar-refractivity contribution in [1.82, 2.24) is 4.37 Å². The van der Waals surface area contributed by atoms with E-state index >= 15 is 0 Å². The lowest BCUT2D eigenvalue weighted by atomic mass is 10.00.